The van der Waals surface area contributed by atoms with Gasteiger partial charge in [-0.05, 0) is 35.4 Å². The van der Waals surface area contributed by atoms with Gasteiger partial charge in [0.1, 0.15) is 11.4 Å². The summed E-state index contributed by atoms with van der Waals surface area (Å²) in [6.45, 7) is 0.462. The van der Waals surface area contributed by atoms with Crippen LogP contribution >= 0.6 is 0 Å². The number of nitrogens with zero attached hydrogens (tertiary/aromatic N) is 2. The molecule has 0 unspecified atom stereocenters. The van der Waals surface area contributed by atoms with Gasteiger partial charge in [0.25, 0.3) is 5.91 Å². The Morgan fingerprint density at radius 3 is 2.52 bits per heavy atom. The predicted octanol–water partition coefficient (Wildman–Crippen LogP) is 3.56. The van der Waals surface area contributed by atoms with Crippen molar-refractivity contribution in [2.75, 3.05) is 0 Å². The summed E-state index contributed by atoms with van der Waals surface area (Å²) in [7, 11) is 0. The fourth-order valence-corrected chi connectivity index (χ4v) is 3.03. The number of rotatable bonds is 6. The van der Waals surface area contributed by atoms with Gasteiger partial charge in [-0.1, -0.05) is 47.6 Å². The highest BCUT2D eigenvalue weighted by atomic mass is 16.7. The highest BCUT2D eigenvalue weighted by molar-refractivity contribution is 5.94. The lowest BCUT2D eigenvalue weighted by Gasteiger charge is -2.10. The van der Waals surface area contributed by atoms with E-state index in [1.165, 1.54) is 18.3 Å². The third-order valence-electron chi connectivity index (χ3n) is 4.67. The normalized spacial score (nSPS) is 15.0. The zero-order valence-corrected chi connectivity index (χ0v) is 16.4. The van der Waals surface area contributed by atoms with Crippen LogP contribution in [0, 0.1) is 0 Å². The molecular weight excluding hydrogens is 398 g/mol. The molecule has 4 rings (SSSR count). The van der Waals surface area contributed by atoms with Gasteiger partial charge in [-0.25, -0.2) is 9.78 Å². The molecule has 0 saturated heterocycles. The number of benzene rings is 2. The summed E-state index contributed by atoms with van der Waals surface area (Å²) >= 11 is 0. The smallest absolute Gasteiger partial charge is 0.354 e. The molecule has 0 radical (unpaired) electrons. The van der Waals surface area contributed by atoms with E-state index in [0.29, 0.717) is 30.2 Å². The fraction of sp³-hybridized carbons (Fsp3) is 0.130. The molecule has 0 aliphatic carbocycles. The number of amides is 1. The summed E-state index contributed by atoms with van der Waals surface area (Å²) in [6, 6.07) is 19.7. The minimum atomic E-state index is -1.11. The number of hydrogen-bond acceptors (Lipinski definition) is 6. The van der Waals surface area contributed by atoms with Crippen molar-refractivity contribution >= 4 is 17.8 Å². The molecule has 156 valence electrons. The molecule has 31 heavy (non-hydrogen) atoms. The lowest BCUT2D eigenvalue weighted by molar-refractivity contribution is 0.0690. The van der Waals surface area contributed by atoms with Gasteiger partial charge in [0.2, 0.25) is 5.90 Å². The van der Waals surface area contributed by atoms with Crippen LogP contribution in [0.3, 0.4) is 0 Å². The van der Waals surface area contributed by atoms with Gasteiger partial charge in [-0.3, -0.25) is 4.79 Å². The molecule has 1 amide bonds. The van der Waals surface area contributed by atoms with Gasteiger partial charge in [0, 0.05) is 12.1 Å². The molecule has 0 saturated carbocycles. The maximum atomic E-state index is 12.3. The number of aromatic nitrogens is 1. The van der Waals surface area contributed by atoms with Gasteiger partial charge in [-0.2, -0.15) is 0 Å². The minimum Gasteiger partial charge on any atom is -0.477 e. The Kier molecular flexibility index (Phi) is 5.89. The molecule has 0 bridgehead atoms. The molecule has 1 aromatic heterocycles. The molecule has 0 spiro atoms. The quantitative estimate of drug-likeness (QED) is 0.635. The van der Waals surface area contributed by atoms with Gasteiger partial charge >= 0.3 is 5.97 Å². The van der Waals surface area contributed by atoms with Crippen molar-refractivity contribution in [2.45, 2.75) is 19.1 Å². The van der Waals surface area contributed by atoms with Crippen LogP contribution in [0.1, 0.15) is 44.5 Å². The maximum absolute atomic E-state index is 12.3. The molecule has 0 fully saturated rings. The fourth-order valence-electron chi connectivity index (χ4n) is 3.03. The zero-order chi connectivity index (χ0) is 21.6. The van der Waals surface area contributed by atoms with Crippen LogP contribution in [0.15, 0.2) is 78.1 Å². The first-order chi connectivity index (χ1) is 15.1. The van der Waals surface area contributed by atoms with E-state index in [1.807, 2.05) is 42.5 Å². The average molecular weight is 417 g/mol. The molecular formula is C23H19N3O5. The van der Waals surface area contributed by atoms with Crippen molar-refractivity contribution in [2.24, 2.45) is 5.16 Å². The predicted molar refractivity (Wildman–Crippen MR) is 112 cm³/mol. The second-order valence-corrected chi connectivity index (χ2v) is 6.86. The van der Waals surface area contributed by atoms with E-state index in [2.05, 4.69) is 15.5 Å². The van der Waals surface area contributed by atoms with Gasteiger partial charge in [0.15, 0.2) is 6.10 Å². The Balaban J connectivity index is 1.30. The van der Waals surface area contributed by atoms with Crippen LogP contribution in [-0.2, 0) is 11.4 Å². The van der Waals surface area contributed by atoms with Crippen LogP contribution in [0.5, 0.6) is 5.75 Å². The molecule has 1 atom stereocenters. The van der Waals surface area contributed by atoms with Crippen molar-refractivity contribution in [1.29, 1.82) is 0 Å². The van der Waals surface area contributed by atoms with E-state index in [1.54, 1.807) is 12.1 Å². The Labute approximate surface area is 178 Å². The van der Waals surface area contributed by atoms with E-state index in [9.17, 15) is 9.59 Å². The number of oxime groups is 1. The first-order valence-corrected chi connectivity index (χ1v) is 9.60. The Morgan fingerprint density at radius 1 is 1.06 bits per heavy atom. The van der Waals surface area contributed by atoms with E-state index in [0.717, 1.165) is 11.1 Å². The number of aromatic carboxylic acids is 1. The van der Waals surface area contributed by atoms with Crippen molar-refractivity contribution in [3.8, 4) is 5.75 Å². The van der Waals surface area contributed by atoms with E-state index in [4.69, 9.17) is 14.7 Å². The highest BCUT2D eigenvalue weighted by Crippen LogP contribution is 2.28. The van der Waals surface area contributed by atoms with Crippen molar-refractivity contribution in [3.63, 3.8) is 0 Å². The summed E-state index contributed by atoms with van der Waals surface area (Å²) in [5.74, 6) is -0.524. The summed E-state index contributed by atoms with van der Waals surface area (Å²) in [5, 5.41) is 15.7. The van der Waals surface area contributed by atoms with Crippen LogP contribution in [0.2, 0.25) is 0 Å². The van der Waals surface area contributed by atoms with Crippen molar-refractivity contribution in [1.82, 2.24) is 10.3 Å². The minimum absolute atomic E-state index is 0.0669. The number of carboxylic acids is 1. The molecule has 8 heteroatoms. The number of hydrogen-bond donors (Lipinski definition) is 2. The summed E-state index contributed by atoms with van der Waals surface area (Å²) in [5.41, 5.74) is 2.38. The Hall–Kier alpha value is -4.20. The summed E-state index contributed by atoms with van der Waals surface area (Å²) < 4.78 is 5.60. The van der Waals surface area contributed by atoms with Crippen LogP contribution < -0.4 is 10.1 Å². The van der Waals surface area contributed by atoms with Crippen LogP contribution in [-0.4, -0.2) is 27.9 Å². The molecule has 2 aromatic carbocycles. The molecule has 3 aromatic rings. The molecule has 1 aliphatic heterocycles. The maximum Gasteiger partial charge on any atom is 0.354 e. The second-order valence-electron chi connectivity index (χ2n) is 6.86. The number of carboxylic acid groups (broad SMARTS) is 1. The van der Waals surface area contributed by atoms with Crippen molar-refractivity contribution in [3.05, 3.63) is 95.3 Å². The van der Waals surface area contributed by atoms with Gasteiger partial charge in [-0.15, -0.1) is 0 Å². The third-order valence-corrected chi connectivity index (χ3v) is 4.67. The molecule has 2 N–H and O–H groups in total. The number of pyridine rings is 1. The van der Waals surface area contributed by atoms with E-state index < -0.39 is 5.97 Å². The molecule has 2 heterocycles. The Morgan fingerprint density at radius 2 is 1.84 bits per heavy atom. The summed E-state index contributed by atoms with van der Waals surface area (Å²) in [6.07, 6.45) is 1.39. The highest BCUT2D eigenvalue weighted by Gasteiger charge is 2.25. The third kappa shape index (κ3) is 5.05. The monoisotopic (exact) mass is 417 g/mol. The first kappa shape index (κ1) is 20.1. The SMILES string of the molecule is O=C(NCc1ccccc1)c1ccc([C@@H]2CC(Oc3ccc(C(=O)O)nc3)=NO2)cc1. The standard InChI is InChI=1S/C23H19N3O5/c27-22(25-13-15-4-2-1-3-5-15)17-8-6-16(7-9-17)20-12-21(26-31-20)30-18-10-11-19(23(28)29)24-14-18/h1-11,14,20H,12-13H2,(H,25,27)(H,28,29)/t20-/m0/s1. The lowest BCUT2D eigenvalue weighted by Crippen LogP contribution is -2.22. The number of nitrogens with one attached hydrogen (secondary N) is 1. The topological polar surface area (TPSA) is 110 Å². The van der Waals surface area contributed by atoms with Crippen molar-refractivity contribution < 1.29 is 24.3 Å². The Bertz CT molecular complexity index is 1100. The van der Waals surface area contributed by atoms with E-state index in [-0.39, 0.29) is 17.7 Å². The summed E-state index contributed by atoms with van der Waals surface area (Å²) in [4.78, 5) is 32.4. The van der Waals surface area contributed by atoms with Gasteiger partial charge in [0.05, 0.1) is 12.6 Å². The molecule has 8 nitrogen and oxygen atoms in total. The number of ether oxygens (including phenoxy) is 1. The van der Waals surface area contributed by atoms with E-state index >= 15 is 0 Å². The molecule has 1 aliphatic rings. The van der Waals surface area contributed by atoms with Gasteiger partial charge < -0.3 is 20.0 Å². The largest absolute Gasteiger partial charge is 0.477 e. The lowest BCUT2D eigenvalue weighted by atomic mass is 10.0. The number of carbonyl (C=O) groups is 2. The van der Waals surface area contributed by atoms with Crippen LogP contribution in [0.25, 0.3) is 0 Å². The first-order valence-electron chi connectivity index (χ1n) is 9.60. The number of carbonyl (C=O) groups excluding carboxylic acids is 1. The zero-order valence-electron chi connectivity index (χ0n) is 16.4. The second kappa shape index (κ2) is 9.08. The average Bonchev–Trinajstić information content (AvgIpc) is 3.27. The van der Waals surface area contributed by atoms with Crippen LogP contribution in [0.4, 0.5) is 0 Å².